The monoisotopic (exact) mass is 347 g/mol. The van der Waals surface area contributed by atoms with Gasteiger partial charge in [-0.05, 0) is 42.5 Å². The Balaban J connectivity index is 1.60. The highest BCUT2D eigenvalue weighted by Crippen LogP contribution is 2.21. The molecule has 0 bridgehead atoms. The molecule has 6 nitrogen and oxygen atoms in total. The lowest BCUT2D eigenvalue weighted by Gasteiger charge is -2.06. The topological polar surface area (TPSA) is 73.3 Å². The standard InChI is InChI=1S/C20H17N3O3/c1-25-18-6-3-2-5-15(18)7-12-19(24)23-16-8-10-17(11-9-16)26-20-21-13-4-14-22-20/h2-14H,1H3,(H,23,24). The molecule has 1 N–H and O–H groups in total. The minimum absolute atomic E-state index is 0.240. The van der Waals surface area contributed by atoms with Crippen LogP contribution in [0.3, 0.4) is 0 Å². The first kappa shape index (κ1) is 17.2. The first-order valence-electron chi connectivity index (χ1n) is 7.91. The number of benzene rings is 2. The Hall–Kier alpha value is -3.67. The third kappa shape index (κ3) is 4.67. The van der Waals surface area contributed by atoms with Gasteiger partial charge in [-0.3, -0.25) is 4.79 Å². The second-order valence-electron chi connectivity index (χ2n) is 5.22. The molecule has 3 aromatic rings. The number of rotatable bonds is 6. The first-order chi connectivity index (χ1) is 12.7. The maximum Gasteiger partial charge on any atom is 0.321 e. The van der Waals surface area contributed by atoms with Crippen molar-refractivity contribution in [3.8, 4) is 17.5 Å². The molecule has 0 fully saturated rings. The van der Waals surface area contributed by atoms with Gasteiger partial charge in [0.05, 0.1) is 7.11 Å². The summed E-state index contributed by atoms with van der Waals surface area (Å²) in [5.74, 6) is 1.05. The van der Waals surface area contributed by atoms with Crippen molar-refractivity contribution < 1.29 is 14.3 Å². The quantitative estimate of drug-likeness (QED) is 0.684. The average molecular weight is 347 g/mol. The molecule has 6 heteroatoms. The van der Waals surface area contributed by atoms with Crippen LogP contribution in [0, 0.1) is 0 Å². The SMILES string of the molecule is COc1ccccc1C=CC(=O)Nc1ccc(Oc2ncccn2)cc1. The molecule has 0 saturated heterocycles. The Kier molecular flexibility index (Phi) is 5.57. The number of nitrogens with one attached hydrogen (secondary N) is 1. The summed E-state index contributed by atoms with van der Waals surface area (Å²) >= 11 is 0. The van der Waals surface area contributed by atoms with Crippen molar-refractivity contribution in [2.75, 3.05) is 12.4 Å². The number of anilines is 1. The van der Waals surface area contributed by atoms with Gasteiger partial charge in [0.1, 0.15) is 11.5 Å². The van der Waals surface area contributed by atoms with Gasteiger partial charge in [0, 0.05) is 29.7 Å². The molecule has 0 spiro atoms. The molecule has 1 amide bonds. The van der Waals surface area contributed by atoms with E-state index in [-0.39, 0.29) is 11.9 Å². The number of hydrogen-bond acceptors (Lipinski definition) is 5. The van der Waals surface area contributed by atoms with E-state index >= 15 is 0 Å². The van der Waals surface area contributed by atoms with Gasteiger partial charge in [0.15, 0.2) is 0 Å². The molecule has 0 radical (unpaired) electrons. The average Bonchev–Trinajstić information content (AvgIpc) is 2.69. The van der Waals surface area contributed by atoms with Gasteiger partial charge in [0.25, 0.3) is 0 Å². The minimum Gasteiger partial charge on any atom is -0.496 e. The molecule has 0 atom stereocenters. The van der Waals surface area contributed by atoms with Crippen molar-refractivity contribution in [1.82, 2.24) is 9.97 Å². The van der Waals surface area contributed by atoms with Gasteiger partial charge in [-0.15, -0.1) is 0 Å². The van der Waals surface area contributed by atoms with E-state index in [2.05, 4.69) is 15.3 Å². The summed E-state index contributed by atoms with van der Waals surface area (Å²) in [5.41, 5.74) is 1.48. The van der Waals surface area contributed by atoms with Crippen molar-refractivity contribution in [2.24, 2.45) is 0 Å². The Morgan fingerprint density at radius 3 is 2.46 bits per heavy atom. The Labute approximate surface area is 151 Å². The number of methoxy groups -OCH3 is 1. The van der Waals surface area contributed by atoms with E-state index in [0.29, 0.717) is 17.2 Å². The number of hydrogen-bond donors (Lipinski definition) is 1. The number of amides is 1. The van der Waals surface area contributed by atoms with Gasteiger partial charge in [-0.25, -0.2) is 9.97 Å². The molecule has 130 valence electrons. The van der Waals surface area contributed by atoms with Crippen molar-refractivity contribution in [3.63, 3.8) is 0 Å². The summed E-state index contributed by atoms with van der Waals surface area (Å²) < 4.78 is 10.8. The van der Waals surface area contributed by atoms with Crippen LogP contribution in [0.15, 0.2) is 73.1 Å². The van der Waals surface area contributed by atoms with E-state index in [0.717, 1.165) is 5.56 Å². The first-order valence-corrected chi connectivity index (χ1v) is 7.91. The van der Waals surface area contributed by atoms with Crippen molar-refractivity contribution in [3.05, 3.63) is 78.6 Å². The summed E-state index contributed by atoms with van der Waals surface area (Å²) in [6, 6.07) is 16.4. The fourth-order valence-corrected chi connectivity index (χ4v) is 2.20. The van der Waals surface area contributed by atoms with Crippen LogP contribution >= 0.6 is 0 Å². The molecule has 3 rings (SSSR count). The van der Waals surface area contributed by atoms with E-state index < -0.39 is 0 Å². The highest BCUT2D eigenvalue weighted by molar-refractivity contribution is 6.02. The molecule has 2 aromatic carbocycles. The van der Waals surface area contributed by atoms with Crippen molar-refractivity contribution >= 4 is 17.7 Å². The van der Waals surface area contributed by atoms with Crippen LogP contribution in [0.25, 0.3) is 6.08 Å². The summed E-state index contributed by atoms with van der Waals surface area (Å²) in [5, 5.41) is 2.79. The number of carbonyl (C=O) groups is 1. The lowest BCUT2D eigenvalue weighted by Crippen LogP contribution is -2.07. The zero-order chi connectivity index (χ0) is 18.2. The smallest absolute Gasteiger partial charge is 0.321 e. The van der Waals surface area contributed by atoms with E-state index in [1.165, 1.54) is 6.08 Å². The fourth-order valence-electron chi connectivity index (χ4n) is 2.20. The van der Waals surface area contributed by atoms with Gasteiger partial charge in [0.2, 0.25) is 5.91 Å². The number of carbonyl (C=O) groups excluding carboxylic acids is 1. The summed E-state index contributed by atoms with van der Waals surface area (Å²) in [7, 11) is 1.59. The highest BCUT2D eigenvalue weighted by Gasteiger charge is 2.02. The zero-order valence-corrected chi connectivity index (χ0v) is 14.1. The van der Waals surface area contributed by atoms with E-state index in [4.69, 9.17) is 9.47 Å². The van der Waals surface area contributed by atoms with E-state index in [1.54, 1.807) is 55.9 Å². The molecule has 0 unspecified atom stereocenters. The van der Waals surface area contributed by atoms with Crippen molar-refractivity contribution in [1.29, 1.82) is 0 Å². The molecular weight excluding hydrogens is 330 g/mol. The second-order valence-corrected chi connectivity index (χ2v) is 5.22. The minimum atomic E-state index is -0.240. The van der Waals surface area contributed by atoms with Crippen LogP contribution in [0.5, 0.6) is 17.5 Å². The predicted molar refractivity (Wildman–Crippen MR) is 99.2 cm³/mol. The predicted octanol–water partition coefficient (Wildman–Crippen LogP) is 3.93. The normalized spacial score (nSPS) is 10.5. The Bertz CT molecular complexity index is 894. The lowest BCUT2D eigenvalue weighted by atomic mass is 10.2. The third-order valence-electron chi connectivity index (χ3n) is 3.43. The number of aromatic nitrogens is 2. The highest BCUT2D eigenvalue weighted by atomic mass is 16.5. The van der Waals surface area contributed by atoms with Crippen LogP contribution < -0.4 is 14.8 Å². The van der Waals surface area contributed by atoms with Crippen LogP contribution in [0.2, 0.25) is 0 Å². The van der Waals surface area contributed by atoms with Gasteiger partial charge < -0.3 is 14.8 Å². The third-order valence-corrected chi connectivity index (χ3v) is 3.43. The zero-order valence-electron chi connectivity index (χ0n) is 14.1. The molecule has 0 saturated carbocycles. The molecule has 1 aromatic heterocycles. The van der Waals surface area contributed by atoms with Crippen LogP contribution in [-0.2, 0) is 4.79 Å². The summed E-state index contributed by atoms with van der Waals surface area (Å²) in [6.07, 6.45) is 6.37. The van der Waals surface area contributed by atoms with Gasteiger partial charge in [-0.2, -0.15) is 0 Å². The number of ether oxygens (including phenoxy) is 2. The van der Waals surface area contributed by atoms with Crippen LogP contribution in [0.4, 0.5) is 5.69 Å². The lowest BCUT2D eigenvalue weighted by molar-refractivity contribution is -0.111. The van der Waals surface area contributed by atoms with E-state index in [9.17, 15) is 4.79 Å². The Morgan fingerprint density at radius 1 is 1.00 bits per heavy atom. The summed E-state index contributed by atoms with van der Waals surface area (Å²) in [4.78, 5) is 20.1. The summed E-state index contributed by atoms with van der Waals surface area (Å²) in [6.45, 7) is 0. The molecule has 0 aliphatic rings. The molecule has 0 aliphatic heterocycles. The molecule has 26 heavy (non-hydrogen) atoms. The van der Waals surface area contributed by atoms with Crippen LogP contribution in [0.1, 0.15) is 5.56 Å². The van der Waals surface area contributed by atoms with E-state index in [1.807, 2.05) is 24.3 Å². The van der Waals surface area contributed by atoms with Gasteiger partial charge >= 0.3 is 6.01 Å². The maximum atomic E-state index is 12.1. The number of para-hydroxylation sites is 1. The molecule has 1 heterocycles. The Morgan fingerprint density at radius 2 is 1.73 bits per heavy atom. The largest absolute Gasteiger partial charge is 0.496 e. The molecular formula is C20H17N3O3. The van der Waals surface area contributed by atoms with Gasteiger partial charge in [-0.1, -0.05) is 18.2 Å². The van der Waals surface area contributed by atoms with Crippen LogP contribution in [-0.4, -0.2) is 23.0 Å². The van der Waals surface area contributed by atoms with Crippen molar-refractivity contribution in [2.45, 2.75) is 0 Å². The molecule has 0 aliphatic carbocycles. The maximum absolute atomic E-state index is 12.1. The second kappa shape index (κ2) is 8.43. The fraction of sp³-hybridized carbons (Fsp3) is 0.0500. The number of nitrogens with zero attached hydrogens (tertiary/aromatic N) is 2.